The van der Waals surface area contributed by atoms with Crippen LogP contribution in [0.25, 0.3) is 10.9 Å². The normalized spacial score (nSPS) is 13.0. The number of hydrogen-bond acceptors (Lipinski definition) is 7. The summed E-state index contributed by atoms with van der Waals surface area (Å²) in [5.41, 5.74) is 1.41. The number of ether oxygens (including phenoxy) is 1. The van der Waals surface area contributed by atoms with Gasteiger partial charge in [0.1, 0.15) is 11.4 Å². The summed E-state index contributed by atoms with van der Waals surface area (Å²) in [4.78, 5) is 45.6. The molecule has 3 N–H and O–H groups in total. The van der Waals surface area contributed by atoms with Crippen LogP contribution < -0.4 is 16.6 Å². The summed E-state index contributed by atoms with van der Waals surface area (Å²) >= 11 is 0. The van der Waals surface area contributed by atoms with Gasteiger partial charge in [0, 0.05) is 43.7 Å². The molecule has 2 aromatic carbocycles. The van der Waals surface area contributed by atoms with Crippen LogP contribution in [0.4, 0.5) is 10.1 Å². The van der Waals surface area contributed by atoms with Gasteiger partial charge in [0.15, 0.2) is 0 Å². The second-order valence-corrected chi connectivity index (χ2v) is 9.36. The highest BCUT2D eigenvalue weighted by molar-refractivity contribution is 6.05. The SMILES string of the molecule is CC.CCOC(=O)c1c(N2CCN(C(=O)c3ccc(F)cc3)CC2)c2ccccc2n(CCCN(C)C)c1=O.N. The quantitative estimate of drug-likeness (QED) is 0.410. The van der Waals surface area contributed by atoms with Gasteiger partial charge in [0.25, 0.3) is 11.5 Å². The molecule has 9 nitrogen and oxygen atoms in total. The third-order valence-corrected chi connectivity index (χ3v) is 6.59. The van der Waals surface area contributed by atoms with E-state index in [0.29, 0.717) is 44.0 Å². The van der Waals surface area contributed by atoms with Gasteiger partial charge in [0.2, 0.25) is 0 Å². The van der Waals surface area contributed by atoms with E-state index >= 15 is 0 Å². The lowest BCUT2D eigenvalue weighted by Gasteiger charge is -2.37. The largest absolute Gasteiger partial charge is 0.462 e. The third-order valence-electron chi connectivity index (χ3n) is 6.59. The fraction of sp³-hybridized carbons (Fsp3) is 0.433. The first-order chi connectivity index (χ1) is 18.8. The average molecular weight is 556 g/mol. The summed E-state index contributed by atoms with van der Waals surface area (Å²) in [7, 11) is 3.96. The summed E-state index contributed by atoms with van der Waals surface area (Å²) in [5.74, 6) is -1.21. The van der Waals surface area contributed by atoms with E-state index in [1.807, 2.05) is 57.1 Å². The second kappa shape index (κ2) is 15.1. The number of para-hydroxylation sites is 1. The van der Waals surface area contributed by atoms with Gasteiger partial charge >= 0.3 is 5.97 Å². The minimum absolute atomic E-state index is 0. The van der Waals surface area contributed by atoms with Crippen LogP contribution in [0.2, 0.25) is 0 Å². The first-order valence-electron chi connectivity index (χ1n) is 13.6. The number of halogens is 1. The second-order valence-electron chi connectivity index (χ2n) is 9.36. The predicted molar refractivity (Wildman–Crippen MR) is 158 cm³/mol. The summed E-state index contributed by atoms with van der Waals surface area (Å²) in [6.07, 6.45) is 0.753. The summed E-state index contributed by atoms with van der Waals surface area (Å²) in [6.45, 7) is 8.84. The van der Waals surface area contributed by atoms with Gasteiger partial charge < -0.3 is 30.2 Å². The Morgan fingerprint density at radius 2 is 1.60 bits per heavy atom. The van der Waals surface area contributed by atoms with E-state index in [9.17, 15) is 18.8 Å². The molecule has 0 aliphatic carbocycles. The number of anilines is 1. The molecule has 218 valence electrons. The molecule has 4 rings (SSSR count). The topological polar surface area (TPSA) is 110 Å². The fourth-order valence-corrected chi connectivity index (χ4v) is 4.78. The molecule has 0 atom stereocenters. The van der Waals surface area contributed by atoms with Crippen LogP contribution in [0.1, 0.15) is 47.9 Å². The first-order valence-corrected chi connectivity index (χ1v) is 13.6. The van der Waals surface area contributed by atoms with Gasteiger partial charge in [0.05, 0.1) is 17.8 Å². The minimum atomic E-state index is -0.639. The molecule has 1 fully saturated rings. The van der Waals surface area contributed by atoms with Crippen LogP contribution in [-0.2, 0) is 11.3 Å². The van der Waals surface area contributed by atoms with Crippen molar-refractivity contribution in [1.29, 1.82) is 0 Å². The van der Waals surface area contributed by atoms with Gasteiger partial charge in [-0.05, 0) is 64.3 Å². The third kappa shape index (κ3) is 7.25. The molecule has 1 saturated heterocycles. The van der Waals surface area contributed by atoms with Crippen LogP contribution in [-0.4, -0.2) is 79.7 Å². The number of fused-ring (bicyclic) bond motifs is 1. The van der Waals surface area contributed by atoms with Gasteiger partial charge in [-0.25, -0.2) is 9.18 Å². The maximum Gasteiger partial charge on any atom is 0.345 e. The molecule has 0 unspecified atom stereocenters. The summed E-state index contributed by atoms with van der Waals surface area (Å²) < 4.78 is 20.3. The van der Waals surface area contributed by atoms with Crippen LogP contribution in [0.15, 0.2) is 53.3 Å². The highest BCUT2D eigenvalue weighted by Crippen LogP contribution is 2.31. The molecule has 1 aliphatic heterocycles. The van der Waals surface area contributed by atoms with E-state index in [1.54, 1.807) is 16.4 Å². The molecule has 0 saturated carbocycles. The van der Waals surface area contributed by atoms with Crippen molar-refractivity contribution < 1.29 is 18.7 Å². The molecule has 0 bridgehead atoms. The van der Waals surface area contributed by atoms with E-state index < -0.39 is 11.8 Å². The Bertz CT molecular complexity index is 1330. The number of benzene rings is 2. The molecule has 1 aromatic heterocycles. The minimum Gasteiger partial charge on any atom is -0.462 e. The van der Waals surface area contributed by atoms with Crippen molar-refractivity contribution in [1.82, 2.24) is 20.5 Å². The van der Waals surface area contributed by atoms with Gasteiger partial charge in [-0.15, -0.1) is 0 Å². The van der Waals surface area contributed by atoms with Crippen molar-refractivity contribution in [3.8, 4) is 0 Å². The zero-order chi connectivity index (χ0) is 28.5. The Morgan fingerprint density at radius 3 is 2.20 bits per heavy atom. The first kappa shape index (κ1) is 32.5. The van der Waals surface area contributed by atoms with E-state index in [0.717, 1.165) is 23.9 Å². The Hall–Kier alpha value is -3.76. The van der Waals surface area contributed by atoms with Crippen LogP contribution in [0.3, 0.4) is 0 Å². The standard InChI is InChI=1S/C28H33FN4O4.C2H6.H3N/c1-4-37-28(36)24-25(22-8-5-6-9-23(22)33(27(24)35)15-7-14-30(2)3)31-16-18-32(19-17-31)26(34)20-10-12-21(29)13-11-20;1-2;/h5-6,8-13H,4,7,14-19H2,1-3H3;1-2H3;1H3. The van der Waals surface area contributed by atoms with E-state index in [1.165, 1.54) is 24.3 Å². The number of pyridine rings is 1. The number of amides is 1. The van der Waals surface area contributed by atoms with Crippen molar-refractivity contribution in [2.75, 3.05) is 58.3 Å². The lowest BCUT2D eigenvalue weighted by atomic mass is 10.1. The van der Waals surface area contributed by atoms with Crippen LogP contribution in [0, 0.1) is 5.82 Å². The highest BCUT2D eigenvalue weighted by Gasteiger charge is 2.30. The van der Waals surface area contributed by atoms with Crippen molar-refractivity contribution >= 4 is 28.5 Å². The highest BCUT2D eigenvalue weighted by atomic mass is 19.1. The Labute approximate surface area is 235 Å². The molecule has 0 radical (unpaired) electrons. The Balaban J connectivity index is 0.00000183. The van der Waals surface area contributed by atoms with E-state index in [-0.39, 0.29) is 29.8 Å². The molecule has 40 heavy (non-hydrogen) atoms. The number of esters is 1. The molecule has 10 heteroatoms. The number of rotatable bonds is 8. The maximum atomic E-state index is 13.8. The van der Waals surface area contributed by atoms with Crippen molar-refractivity contribution in [3.63, 3.8) is 0 Å². The van der Waals surface area contributed by atoms with Gasteiger partial charge in [-0.3, -0.25) is 9.59 Å². The zero-order valence-electron chi connectivity index (χ0n) is 24.3. The molecular weight excluding hydrogens is 513 g/mol. The Kier molecular flexibility index (Phi) is 12.3. The number of carbonyl (C=O) groups is 2. The zero-order valence-corrected chi connectivity index (χ0v) is 24.3. The van der Waals surface area contributed by atoms with E-state index in [2.05, 4.69) is 4.90 Å². The number of carbonyl (C=O) groups excluding carboxylic acids is 2. The predicted octanol–water partition coefficient (Wildman–Crippen LogP) is 4.42. The van der Waals surface area contributed by atoms with Gasteiger partial charge in [-0.1, -0.05) is 32.0 Å². The summed E-state index contributed by atoms with van der Waals surface area (Å²) in [5, 5.41) is 0.799. The van der Waals surface area contributed by atoms with Crippen molar-refractivity contribution in [3.05, 3.63) is 75.8 Å². The monoisotopic (exact) mass is 555 g/mol. The maximum absolute atomic E-state index is 13.8. The lowest BCUT2D eigenvalue weighted by Crippen LogP contribution is -2.49. The molecular formula is C30H42FN5O4. The number of piperazine rings is 1. The number of aromatic nitrogens is 1. The average Bonchev–Trinajstić information content (AvgIpc) is 2.95. The Morgan fingerprint density at radius 1 is 0.975 bits per heavy atom. The molecule has 1 amide bonds. The van der Waals surface area contributed by atoms with E-state index in [4.69, 9.17) is 4.74 Å². The summed E-state index contributed by atoms with van der Waals surface area (Å²) in [6, 6.07) is 13.1. The molecule has 2 heterocycles. The van der Waals surface area contributed by atoms with Crippen LogP contribution in [0.5, 0.6) is 0 Å². The smallest absolute Gasteiger partial charge is 0.345 e. The number of hydrogen-bond donors (Lipinski definition) is 1. The number of aryl methyl sites for hydroxylation is 1. The fourth-order valence-electron chi connectivity index (χ4n) is 4.78. The molecule has 0 spiro atoms. The van der Waals surface area contributed by atoms with Crippen molar-refractivity contribution in [2.24, 2.45) is 0 Å². The number of nitrogens with zero attached hydrogens (tertiary/aromatic N) is 4. The molecule has 1 aliphatic rings. The van der Waals surface area contributed by atoms with Crippen molar-refractivity contribution in [2.45, 2.75) is 33.7 Å². The molecule has 3 aromatic rings. The van der Waals surface area contributed by atoms with Gasteiger partial charge in [-0.2, -0.15) is 0 Å². The lowest BCUT2D eigenvalue weighted by molar-refractivity contribution is 0.0523. The van der Waals surface area contributed by atoms with Crippen LogP contribution >= 0.6 is 0 Å².